The van der Waals surface area contributed by atoms with E-state index >= 15 is 0 Å². The number of nitro groups is 1. The smallest absolute Gasteiger partial charge is 0.354 e. The molecule has 0 aromatic carbocycles. The molecule has 0 aliphatic carbocycles. The summed E-state index contributed by atoms with van der Waals surface area (Å²) < 4.78 is 7.00. The number of rotatable bonds is 4. The lowest BCUT2D eigenvalue weighted by Gasteiger charge is -2.06. The van der Waals surface area contributed by atoms with Crippen molar-refractivity contribution in [2.75, 3.05) is 0 Å². The highest BCUT2D eigenvalue weighted by molar-refractivity contribution is 5.85. The summed E-state index contributed by atoms with van der Waals surface area (Å²) in [5.74, 6) is -1.36. The van der Waals surface area contributed by atoms with E-state index in [1.54, 1.807) is 25.6 Å². The van der Waals surface area contributed by atoms with Crippen molar-refractivity contribution in [1.82, 2.24) is 14.8 Å². The van der Waals surface area contributed by atoms with E-state index in [1.165, 1.54) is 0 Å². The van der Waals surface area contributed by atoms with Gasteiger partial charge < -0.3 is 9.84 Å². The second-order valence-corrected chi connectivity index (χ2v) is 4.31. The van der Waals surface area contributed by atoms with Crippen LogP contribution in [0.3, 0.4) is 0 Å². The van der Waals surface area contributed by atoms with Crippen LogP contribution in [0.5, 0.6) is 11.6 Å². The summed E-state index contributed by atoms with van der Waals surface area (Å²) in [6.07, 6.45) is 0. The zero-order valence-corrected chi connectivity index (χ0v) is 11.5. The first-order valence-corrected chi connectivity index (χ1v) is 5.88. The minimum absolute atomic E-state index is 0.315. The average Bonchev–Trinajstić information content (AvgIpc) is 2.65. The Labute approximate surface area is 118 Å². The summed E-state index contributed by atoms with van der Waals surface area (Å²) in [5, 5.41) is 24.0. The van der Waals surface area contributed by atoms with Crippen molar-refractivity contribution in [3.8, 4) is 11.6 Å². The Morgan fingerprint density at radius 3 is 2.57 bits per heavy atom. The van der Waals surface area contributed by atoms with Crippen LogP contribution >= 0.6 is 0 Å². The Kier molecular flexibility index (Phi) is 3.57. The van der Waals surface area contributed by atoms with Gasteiger partial charge in [0.05, 0.1) is 10.6 Å². The zero-order chi connectivity index (χ0) is 15.7. The van der Waals surface area contributed by atoms with Crippen LogP contribution in [0.2, 0.25) is 0 Å². The van der Waals surface area contributed by atoms with Gasteiger partial charge in [0.15, 0.2) is 11.4 Å². The van der Waals surface area contributed by atoms with Crippen molar-refractivity contribution >= 4 is 11.7 Å². The highest BCUT2D eigenvalue weighted by Gasteiger charge is 2.23. The van der Waals surface area contributed by atoms with Crippen LogP contribution in [0.25, 0.3) is 0 Å². The van der Waals surface area contributed by atoms with E-state index in [1.807, 2.05) is 0 Å². The van der Waals surface area contributed by atoms with Gasteiger partial charge in [-0.15, -0.1) is 0 Å². The molecule has 0 amide bonds. The zero-order valence-electron chi connectivity index (χ0n) is 11.5. The fourth-order valence-corrected chi connectivity index (χ4v) is 1.76. The second-order valence-electron chi connectivity index (χ2n) is 4.31. The molecule has 0 aliphatic rings. The summed E-state index contributed by atoms with van der Waals surface area (Å²) >= 11 is 0. The molecule has 0 saturated carbocycles. The minimum atomic E-state index is -1.30. The number of aromatic nitrogens is 3. The van der Waals surface area contributed by atoms with Gasteiger partial charge in [0.1, 0.15) is 5.69 Å². The first-order chi connectivity index (χ1) is 9.81. The Morgan fingerprint density at radius 1 is 1.43 bits per heavy atom. The number of hydrogen-bond acceptors (Lipinski definition) is 6. The number of carboxylic acids is 1. The molecule has 9 heteroatoms. The Balaban J connectivity index is 2.53. The molecule has 2 heterocycles. The quantitative estimate of drug-likeness (QED) is 0.674. The van der Waals surface area contributed by atoms with Gasteiger partial charge in [0.25, 0.3) is 0 Å². The van der Waals surface area contributed by atoms with E-state index < -0.39 is 16.6 Å². The lowest BCUT2D eigenvalue weighted by molar-refractivity contribution is -0.386. The number of pyridine rings is 1. The first kappa shape index (κ1) is 14.4. The fraction of sp³-hybridized carbons (Fsp3) is 0.250. The van der Waals surface area contributed by atoms with Crippen molar-refractivity contribution in [1.29, 1.82) is 0 Å². The average molecular weight is 292 g/mol. The van der Waals surface area contributed by atoms with Gasteiger partial charge in [-0.1, -0.05) is 0 Å². The monoisotopic (exact) mass is 292 g/mol. The topological polar surface area (TPSA) is 120 Å². The predicted octanol–water partition coefficient (Wildman–Crippen LogP) is 1.83. The third kappa shape index (κ3) is 2.66. The lowest BCUT2D eigenvalue weighted by Crippen LogP contribution is -2.04. The maximum Gasteiger partial charge on any atom is 0.354 e. The molecule has 0 saturated heterocycles. The van der Waals surface area contributed by atoms with E-state index in [0.717, 1.165) is 12.1 Å². The number of aryl methyl sites for hydroxylation is 2. The number of aromatic carboxylic acids is 1. The maximum atomic E-state index is 11.0. The molecule has 2 aromatic heterocycles. The summed E-state index contributed by atoms with van der Waals surface area (Å²) in [4.78, 5) is 24.9. The van der Waals surface area contributed by atoms with Crippen LogP contribution in [-0.4, -0.2) is 30.8 Å². The van der Waals surface area contributed by atoms with Gasteiger partial charge >= 0.3 is 17.5 Å². The van der Waals surface area contributed by atoms with Gasteiger partial charge in [-0.25, -0.2) is 4.79 Å². The molecule has 0 bridgehead atoms. The van der Waals surface area contributed by atoms with Crippen LogP contribution in [0.1, 0.15) is 21.9 Å². The first-order valence-electron chi connectivity index (χ1n) is 5.88. The molecule has 0 atom stereocenters. The van der Waals surface area contributed by atoms with E-state index in [0.29, 0.717) is 17.1 Å². The minimum Gasteiger partial charge on any atom is -0.477 e. The van der Waals surface area contributed by atoms with E-state index in [4.69, 9.17) is 9.84 Å². The van der Waals surface area contributed by atoms with Crippen LogP contribution < -0.4 is 4.74 Å². The molecular weight excluding hydrogens is 280 g/mol. The van der Waals surface area contributed by atoms with Gasteiger partial charge in [0, 0.05) is 13.1 Å². The largest absolute Gasteiger partial charge is 0.477 e. The Hall–Kier alpha value is -2.97. The Bertz CT molecular complexity index is 737. The molecule has 9 nitrogen and oxygen atoms in total. The molecule has 2 rings (SSSR count). The number of nitrogens with zero attached hydrogens (tertiary/aromatic N) is 4. The molecule has 0 unspecified atom stereocenters. The van der Waals surface area contributed by atoms with Gasteiger partial charge in [-0.05, 0) is 19.9 Å². The summed E-state index contributed by atoms with van der Waals surface area (Å²) in [6.45, 7) is 3.40. The number of hydrogen-bond donors (Lipinski definition) is 1. The molecular formula is C12H12N4O5. The standard InChI is InChI=1S/C12H12N4O5/c1-6-10(7(2)15(3)14-6)21-11-9(16(19)20)5-4-8(13-11)12(17)18/h4-5H,1-3H3,(H,17,18). The molecule has 0 spiro atoms. The van der Waals surface area contributed by atoms with E-state index in [-0.39, 0.29) is 11.6 Å². The van der Waals surface area contributed by atoms with Gasteiger partial charge in [-0.2, -0.15) is 10.1 Å². The SMILES string of the molecule is Cc1nn(C)c(C)c1Oc1nc(C(=O)O)ccc1[N+](=O)[O-]. The lowest BCUT2D eigenvalue weighted by atomic mass is 10.3. The number of carbonyl (C=O) groups is 1. The van der Waals surface area contributed by atoms with Crippen LogP contribution in [0.4, 0.5) is 5.69 Å². The predicted molar refractivity (Wildman–Crippen MR) is 70.6 cm³/mol. The Morgan fingerprint density at radius 2 is 2.10 bits per heavy atom. The molecule has 21 heavy (non-hydrogen) atoms. The van der Waals surface area contributed by atoms with Crippen molar-refractivity contribution in [2.24, 2.45) is 7.05 Å². The molecule has 0 fully saturated rings. The normalized spacial score (nSPS) is 10.4. The molecule has 0 radical (unpaired) electrons. The fourth-order valence-electron chi connectivity index (χ4n) is 1.76. The van der Waals surface area contributed by atoms with Gasteiger partial charge in [-0.3, -0.25) is 14.8 Å². The molecule has 1 N–H and O–H groups in total. The van der Waals surface area contributed by atoms with Crippen molar-refractivity contribution in [2.45, 2.75) is 13.8 Å². The van der Waals surface area contributed by atoms with Crippen molar-refractivity contribution in [3.05, 3.63) is 39.3 Å². The molecule has 2 aromatic rings. The highest BCUT2D eigenvalue weighted by Crippen LogP contribution is 2.32. The van der Waals surface area contributed by atoms with Crippen LogP contribution in [0.15, 0.2) is 12.1 Å². The van der Waals surface area contributed by atoms with Crippen molar-refractivity contribution in [3.63, 3.8) is 0 Å². The van der Waals surface area contributed by atoms with Crippen molar-refractivity contribution < 1.29 is 19.6 Å². The van der Waals surface area contributed by atoms with Gasteiger partial charge in [0.2, 0.25) is 0 Å². The van der Waals surface area contributed by atoms with Crippen LogP contribution in [-0.2, 0) is 7.05 Å². The third-order valence-corrected chi connectivity index (χ3v) is 2.90. The summed E-state index contributed by atoms with van der Waals surface area (Å²) in [6, 6.07) is 2.10. The third-order valence-electron chi connectivity index (χ3n) is 2.90. The van der Waals surface area contributed by atoms with E-state index in [2.05, 4.69) is 10.1 Å². The second kappa shape index (κ2) is 5.19. The number of ether oxygens (including phenoxy) is 1. The molecule has 110 valence electrons. The van der Waals surface area contributed by atoms with Crippen LogP contribution in [0, 0.1) is 24.0 Å². The molecule has 0 aliphatic heterocycles. The number of carboxylic acid groups (broad SMARTS) is 1. The van der Waals surface area contributed by atoms with E-state index in [9.17, 15) is 14.9 Å². The summed E-state index contributed by atoms with van der Waals surface area (Å²) in [5.41, 5.74) is 0.411. The maximum absolute atomic E-state index is 11.0. The summed E-state index contributed by atoms with van der Waals surface area (Å²) in [7, 11) is 1.70. The highest BCUT2D eigenvalue weighted by atomic mass is 16.6.